The number of amides is 1. The van der Waals surface area contributed by atoms with E-state index in [-0.39, 0.29) is 12.8 Å². The third-order valence-corrected chi connectivity index (χ3v) is 8.84. The molecule has 1 amide bonds. The predicted molar refractivity (Wildman–Crippen MR) is 159 cm³/mol. The van der Waals surface area contributed by atoms with Crippen molar-refractivity contribution >= 4 is 19.7 Å². The molecule has 0 saturated heterocycles. The average molecular weight is 574 g/mol. The SMILES string of the molecule is CCCCCCCCCCCCCCCC(=O)N(P(=O)=O)[C@@](CO)(CCCCCCCCCCCC)C(=O)O. The van der Waals surface area contributed by atoms with Crippen LogP contribution in [-0.4, -0.2) is 38.9 Å². The Morgan fingerprint density at radius 2 is 0.923 bits per heavy atom. The minimum Gasteiger partial charge on any atom is -0.479 e. The highest BCUT2D eigenvalue weighted by Gasteiger charge is 2.48. The molecule has 230 valence electrons. The van der Waals surface area contributed by atoms with E-state index in [1.807, 2.05) is 0 Å². The molecule has 8 heteroatoms. The number of aliphatic carboxylic acids is 1. The molecule has 0 heterocycles. The molecule has 0 aromatic heterocycles. The van der Waals surface area contributed by atoms with Gasteiger partial charge in [-0.3, -0.25) is 4.79 Å². The molecule has 0 rings (SSSR count). The number of hydrogen-bond donors (Lipinski definition) is 2. The molecule has 7 nitrogen and oxygen atoms in total. The fourth-order valence-corrected chi connectivity index (χ4v) is 6.15. The zero-order chi connectivity index (χ0) is 29.2. The maximum absolute atomic E-state index is 12.8. The first kappa shape index (κ1) is 37.8. The van der Waals surface area contributed by atoms with Crippen molar-refractivity contribution in [1.82, 2.24) is 4.67 Å². The van der Waals surface area contributed by atoms with E-state index in [0.717, 1.165) is 44.9 Å². The first-order valence-electron chi connectivity index (χ1n) is 16.2. The van der Waals surface area contributed by atoms with E-state index in [0.29, 0.717) is 17.5 Å². The molecule has 0 aromatic rings. The lowest BCUT2D eigenvalue weighted by Gasteiger charge is -2.34. The minimum atomic E-state index is -3.47. The van der Waals surface area contributed by atoms with Gasteiger partial charge in [-0.1, -0.05) is 155 Å². The molecule has 1 atom stereocenters. The first-order chi connectivity index (χ1) is 18.9. The Kier molecular flexibility index (Phi) is 25.0. The molecule has 0 bridgehead atoms. The fraction of sp³-hybridized carbons (Fsp3) is 0.935. The van der Waals surface area contributed by atoms with Gasteiger partial charge in [0.1, 0.15) is 0 Å². The third kappa shape index (κ3) is 18.0. The molecule has 0 aliphatic heterocycles. The Morgan fingerprint density at radius 3 is 1.23 bits per heavy atom. The van der Waals surface area contributed by atoms with Crippen LogP contribution >= 0.6 is 7.83 Å². The summed E-state index contributed by atoms with van der Waals surface area (Å²) in [5.74, 6) is -2.18. The summed E-state index contributed by atoms with van der Waals surface area (Å²) in [6.45, 7) is 3.52. The smallest absolute Gasteiger partial charge is 0.430 e. The van der Waals surface area contributed by atoms with E-state index in [9.17, 15) is 28.9 Å². The number of carbonyl (C=O) groups is 2. The summed E-state index contributed by atoms with van der Waals surface area (Å²) in [5.41, 5.74) is -2.11. The fourth-order valence-electron chi connectivity index (χ4n) is 5.31. The van der Waals surface area contributed by atoms with Gasteiger partial charge < -0.3 is 10.2 Å². The highest BCUT2D eigenvalue weighted by molar-refractivity contribution is 7.29. The van der Waals surface area contributed by atoms with Gasteiger partial charge in [-0.05, 0) is 12.8 Å². The number of rotatable bonds is 29. The summed E-state index contributed by atoms with van der Waals surface area (Å²) in [7, 11) is -3.47. The number of aliphatic hydroxyl groups is 1. The van der Waals surface area contributed by atoms with E-state index >= 15 is 0 Å². The lowest BCUT2D eigenvalue weighted by molar-refractivity contribution is -0.157. The van der Waals surface area contributed by atoms with Gasteiger partial charge in [0.25, 0.3) is 0 Å². The van der Waals surface area contributed by atoms with Crippen molar-refractivity contribution in [3.8, 4) is 0 Å². The number of carbonyl (C=O) groups excluding carboxylic acids is 1. The summed E-state index contributed by atoms with van der Waals surface area (Å²) in [6.07, 6.45) is 25.5. The number of nitrogens with zero attached hydrogens (tertiary/aromatic N) is 1. The molecule has 39 heavy (non-hydrogen) atoms. The van der Waals surface area contributed by atoms with Crippen molar-refractivity contribution in [3.63, 3.8) is 0 Å². The van der Waals surface area contributed by atoms with E-state index in [4.69, 9.17) is 0 Å². The number of carboxylic acid groups (broad SMARTS) is 1. The Bertz CT molecular complexity index is 676. The average Bonchev–Trinajstić information content (AvgIpc) is 2.91. The number of unbranched alkanes of at least 4 members (excludes halogenated alkanes) is 21. The number of aliphatic hydroxyl groups excluding tert-OH is 1. The van der Waals surface area contributed by atoms with Crippen LogP contribution in [-0.2, 0) is 18.7 Å². The van der Waals surface area contributed by atoms with Crippen LogP contribution in [0.15, 0.2) is 0 Å². The van der Waals surface area contributed by atoms with Crippen molar-refractivity contribution in [1.29, 1.82) is 0 Å². The Balaban J connectivity index is 4.39. The standard InChI is InChI=1S/C31H60NO6P/c1-3-5-7-9-11-13-15-16-17-18-20-22-24-26-29(34)32(39(37)38)31(28-33,30(35)36)27-25-23-21-19-14-12-10-8-6-4-2/h33H,3-28H2,1-2H3,(H,35,36)/t31-/m1/s1. The van der Waals surface area contributed by atoms with Crippen LogP contribution in [0, 0.1) is 0 Å². The molecule has 0 saturated carbocycles. The minimum absolute atomic E-state index is 0.0197. The van der Waals surface area contributed by atoms with Crippen LogP contribution in [0.3, 0.4) is 0 Å². The molecule has 0 aliphatic rings. The molecule has 0 aromatic carbocycles. The monoisotopic (exact) mass is 573 g/mol. The van der Waals surface area contributed by atoms with Gasteiger partial charge in [0.05, 0.1) is 6.61 Å². The molecule has 2 N–H and O–H groups in total. The van der Waals surface area contributed by atoms with Crippen molar-refractivity contribution in [2.45, 2.75) is 180 Å². The van der Waals surface area contributed by atoms with Gasteiger partial charge in [0, 0.05) is 6.42 Å². The van der Waals surface area contributed by atoms with Crippen LogP contribution in [0.2, 0.25) is 0 Å². The molecule has 0 radical (unpaired) electrons. The normalized spacial score (nSPS) is 12.8. The van der Waals surface area contributed by atoms with Crippen LogP contribution < -0.4 is 0 Å². The van der Waals surface area contributed by atoms with Crippen molar-refractivity contribution in [2.24, 2.45) is 0 Å². The number of hydrogen-bond acceptors (Lipinski definition) is 5. The lowest BCUT2D eigenvalue weighted by Crippen LogP contribution is -2.56. The Labute approximate surface area is 239 Å². The molecule has 0 aliphatic carbocycles. The van der Waals surface area contributed by atoms with Gasteiger partial charge in [-0.25, -0.2) is 18.6 Å². The van der Waals surface area contributed by atoms with Crippen LogP contribution in [0.4, 0.5) is 0 Å². The van der Waals surface area contributed by atoms with Gasteiger partial charge >= 0.3 is 13.8 Å². The zero-order valence-electron chi connectivity index (χ0n) is 25.3. The summed E-state index contributed by atoms with van der Waals surface area (Å²) in [4.78, 5) is 25.0. The van der Waals surface area contributed by atoms with Crippen molar-refractivity contribution in [2.75, 3.05) is 6.61 Å². The summed E-state index contributed by atoms with van der Waals surface area (Å²) < 4.78 is 24.5. The maximum Gasteiger partial charge on any atom is 0.430 e. The van der Waals surface area contributed by atoms with Gasteiger partial charge in [0.2, 0.25) is 5.91 Å². The second-order valence-corrected chi connectivity index (χ2v) is 12.2. The van der Waals surface area contributed by atoms with E-state index in [2.05, 4.69) is 13.8 Å². The third-order valence-electron chi connectivity index (χ3n) is 7.90. The topological polar surface area (TPSA) is 112 Å². The molecular weight excluding hydrogens is 513 g/mol. The van der Waals surface area contributed by atoms with E-state index in [1.165, 1.54) is 89.9 Å². The highest BCUT2D eigenvalue weighted by atomic mass is 31.1. The second-order valence-electron chi connectivity index (χ2n) is 11.4. The molecular formula is C31H60NO6P. The lowest BCUT2D eigenvalue weighted by atomic mass is 9.92. The Hall–Kier alpha value is -1.20. The Morgan fingerprint density at radius 1 is 0.590 bits per heavy atom. The van der Waals surface area contributed by atoms with Gasteiger partial charge in [-0.15, -0.1) is 0 Å². The van der Waals surface area contributed by atoms with Crippen molar-refractivity contribution in [3.05, 3.63) is 0 Å². The second kappa shape index (κ2) is 25.7. The quantitative estimate of drug-likeness (QED) is 0.0680. The van der Waals surface area contributed by atoms with Gasteiger partial charge in [-0.2, -0.15) is 0 Å². The van der Waals surface area contributed by atoms with E-state index in [1.54, 1.807) is 0 Å². The predicted octanol–water partition coefficient (Wildman–Crippen LogP) is 9.51. The number of carboxylic acids is 1. The summed E-state index contributed by atoms with van der Waals surface area (Å²) in [5, 5.41) is 19.9. The maximum atomic E-state index is 12.8. The van der Waals surface area contributed by atoms with Gasteiger partial charge in [0.15, 0.2) is 5.54 Å². The largest absolute Gasteiger partial charge is 0.479 e. The highest BCUT2D eigenvalue weighted by Crippen LogP contribution is 2.33. The van der Waals surface area contributed by atoms with Crippen LogP contribution in [0.1, 0.15) is 174 Å². The van der Waals surface area contributed by atoms with Crippen LogP contribution in [0.5, 0.6) is 0 Å². The molecule has 0 spiro atoms. The molecule has 0 fully saturated rings. The van der Waals surface area contributed by atoms with Crippen LogP contribution in [0.25, 0.3) is 0 Å². The molecule has 0 unspecified atom stereocenters. The zero-order valence-corrected chi connectivity index (χ0v) is 26.2. The van der Waals surface area contributed by atoms with Crippen molar-refractivity contribution < 1.29 is 28.9 Å². The summed E-state index contributed by atoms with van der Waals surface area (Å²) in [6, 6.07) is 0. The van der Waals surface area contributed by atoms with E-state index < -0.39 is 31.9 Å². The first-order valence-corrected chi connectivity index (χ1v) is 17.3. The summed E-state index contributed by atoms with van der Waals surface area (Å²) >= 11 is 0.